The molecule has 9 nitrogen and oxygen atoms in total. The standard InChI is InChI=1S/C20H22N4O5S/c1-12-8-17(13(2)24(12)16-6-7-30(27,28)11-16)18(25)10-29-20(26)15-4-5-19-22-21-14(3)23(19)9-15/h4-5,8-9,16H,6-7,10-11H2,1-3H3. The zero-order valence-electron chi connectivity index (χ0n) is 17.0. The molecule has 0 N–H and O–H groups in total. The van der Waals surface area contributed by atoms with Gasteiger partial charge < -0.3 is 9.30 Å². The molecule has 3 aromatic rings. The molecule has 1 aliphatic rings. The van der Waals surface area contributed by atoms with Crippen molar-refractivity contribution in [1.82, 2.24) is 19.2 Å². The van der Waals surface area contributed by atoms with Crippen molar-refractivity contribution in [2.45, 2.75) is 33.2 Å². The van der Waals surface area contributed by atoms with E-state index >= 15 is 0 Å². The molecule has 10 heteroatoms. The van der Waals surface area contributed by atoms with E-state index in [4.69, 9.17) is 4.74 Å². The second kappa shape index (κ2) is 7.35. The lowest BCUT2D eigenvalue weighted by molar-refractivity contribution is 0.0474. The number of nitrogens with zero attached hydrogens (tertiary/aromatic N) is 4. The third kappa shape index (κ3) is 3.62. The van der Waals surface area contributed by atoms with Gasteiger partial charge in [0.15, 0.2) is 22.1 Å². The summed E-state index contributed by atoms with van der Waals surface area (Å²) in [6.45, 7) is 5.00. The van der Waals surface area contributed by atoms with Gasteiger partial charge in [-0.05, 0) is 45.4 Å². The Morgan fingerprint density at radius 3 is 2.67 bits per heavy atom. The molecule has 0 spiro atoms. The lowest BCUT2D eigenvalue weighted by Crippen LogP contribution is -2.17. The summed E-state index contributed by atoms with van der Waals surface area (Å²) in [6.07, 6.45) is 2.11. The van der Waals surface area contributed by atoms with Crippen molar-refractivity contribution in [3.05, 3.63) is 52.7 Å². The van der Waals surface area contributed by atoms with Crippen LogP contribution in [0, 0.1) is 20.8 Å². The molecule has 3 aromatic heterocycles. The molecule has 1 aliphatic heterocycles. The molecule has 0 aliphatic carbocycles. The second-order valence-corrected chi connectivity index (χ2v) is 9.83. The van der Waals surface area contributed by atoms with Gasteiger partial charge in [-0.2, -0.15) is 0 Å². The lowest BCUT2D eigenvalue weighted by Gasteiger charge is -2.16. The van der Waals surface area contributed by atoms with Gasteiger partial charge in [-0.25, -0.2) is 13.2 Å². The molecule has 0 bridgehead atoms. The third-order valence-electron chi connectivity index (χ3n) is 5.50. The Bertz CT molecular complexity index is 1270. The van der Waals surface area contributed by atoms with E-state index in [1.165, 1.54) is 0 Å². The fourth-order valence-electron chi connectivity index (χ4n) is 4.02. The molecule has 0 radical (unpaired) electrons. The molecule has 1 fully saturated rings. The fourth-order valence-corrected chi connectivity index (χ4v) is 5.72. The summed E-state index contributed by atoms with van der Waals surface area (Å²) in [5.41, 5.74) is 2.85. The van der Waals surface area contributed by atoms with Crippen LogP contribution in [0.15, 0.2) is 24.4 Å². The highest BCUT2D eigenvalue weighted by Gasteiger charge is 2.31. The first-order valence-electron chi connectivity index (χ1n) is 9.57. The van der Waals surface area contributed by atoms with Crippen LogP contribution in [0.4, 0.5) is 0 Å². The van der Waals surface area contributed by atoms with Crippen molar-refractivity contribution in [3.8, 4) is 0 Å². The van der Waals surface area contributed by atoms with Gasteiger partial charge in [-0.15, -0.1) is 10.2 Å². The number of ether oxygens (including phenoxy) is 1. The minimum atomic E-state index is -3.04. The normalized spacial score (nSPS) is 18.0. The maximum atomic E-state index is 12.7. The Balaban J connectivity index is 1.48. The number of rotatable bonds is 5. The number of Topliss-reactive ketones (excluding diaryl/α,β-unsaturated/α-hetero) is 1. The van der Waals surface area contributed by atoms with Gasteiger partial charge in [0.25, 0.3) is 0 Å². The summed E-state index contributed by atoms with van der Waals surface area (Å²) in [6, 6.07) is 4.78. The number of esters is 1. The van der Waals surface area contributed by atoms with Crippen molar-refractivity contribution >= 4 is 27.2 Å². The summed E-state index contributed by atoms with van der Waals surface area (Å²) in [5.74, 6) is -0.0701. The van der Waals surface area contributed by atoms with E-state index in [1.54, 1.807) is 42.6 Å². The van der Waals surface area contributed by atoms with Gasteiger partial charge in [-0.1, -0.05) is 0 Å². The smallest absolute Gasteiger partial charge is 0.340 e. The molecule has 158 valence electrons. The highest BCUT2D eigenvalue weighted by Crippen LogP contribution is 2.29. The number of carbonyl (C=O) groups is 2. The monoisotopic (exact) mass is 430 g/mol. The number of ketones is 1. The van der Waals surface area contributed by atoms with Gasteiger partial charge in [-0.3, -0.25) is 9.20 Å². The van der Waals surface area contributed by atoms with Crippen LogP contribution in [0.3, 0.4) is 0 Å². The molecule has 0 amide bonds. The van der Waals surface area contributed by atoms with Gasteiger partial charge in [0.05, 0.1) is 17.1 Å². The van der Waals surface area contributed by atoms with E-state index in [2.05, 4.69) is 10.2 Å². The lowest BCUT2D eigenvalue weighted by atomic mass is 10.1. The molecule has 4 heterocycles. The van der Waals surface area contributed by atoms with E-state index < -0.39 is 22.4 Å². The Labute approximate surface area is 173 Å². The van der Waals surface area contributed by atoms with Crippen molar-refractivity contribution in [3.63, 3.8) is 0 Å². The highest BCUT2D eigenvalue weighted by molar-refractivity contribution is 7.91. The number of hydrogen-bond donors (Lipinski definition) is 0. The number of carbonyl (C=O) groups excluding carboxylic acids is 2. The molecule has 0 saturated carbocycles. The minimum absolute atomic E-state index is 0.0803. The highest BCUT2D eigenvalue weighted by atomic mass is 32.2. The quantitative estimate of drug-likeness (QED) is 0.448. The van der Waals surface area contributed by atoms with Crippen LogP contribution in [0.2, 0.25) is 0 Å². The summed E-state index contributed by atoms with van der Waals surface area (Å²) >= 11 is 0. The van der Waals surface area contributed by atoms with Crippen LogP contribution >= 0.6 is 0 Å². The second-order valence-electron chi connectivity index (χ2n) is 7.60. The van der Waals surface area contributed by atoms with Gasteiger partial charge in [0, 0.05) is 29.2 Å². The number of sulfone groups is 1. The van der Waals surface area contributed by atoms with E-state index in [1.807, 2.05) is 11.5 Å². The molecular formula is C20H22N4O5S. The average Bonchev–Trinajstić information content (AvgIpc) is 3.34. The topological polar surface area (TPSA) is 113 Å². The Morgan fingerprint density at radius 1 is 1.20 bits per heavy atom. The minimum Gasteiger partial charge on any atom is -0.454 e. The number of hydrogen-bond acceptors (Lipinski definition) is 7. The van der Waals surface area contributed by atoms with Crippen LogP contribution in [0.25, 0.3) is 5.65 Å². The molecule has 1 unspecified atom stereocenters. The van der Waals surface area contributed by atoms with Gasteiger partial charge in [0.1, 0.15) is 5.82 Å². The maximum Gasteiger partial charge on any atom is 0.340 e. The summed E-state index contributed by atoms with van der Waals surface area (Å²) in [5, 5.41) is 7.90. The van der Waals surface area contributed by atoms with Crippen LogP contribution in [0.5, 0.6) is 0 Å². The summed E-state index contributed by atoms with van der Waals surface area (Å²) in [7, 11) is -3.04. The SMILES string of the molecule is Cc1cc(C(=O)COC(=O)c2ccc3nnc(C)n3c2)c(C)n1C1CCS(=O)(=O)C1. The summed E-state index contributed by atoms with van der Waals surface area (Å²) < 4.78 is 32.5. The van der Waals surface area contributed by atoms with Crippen molar-refractivity contribution in [1.29, 1.82) is 0 Å². The number of fused-ring (bicyclic) bond motifs is 1. The summed E-state index contributed by atoms with van der Waals surface area (Å²) in [4.78, 5) is 25.1. The van der Waals surface area contributed by atoms with Gasteiger partial charge >= 0.3 is 5.97 Å². The van der Waals surface area contributed by atoms with E-state index in [9.17, 15) is 18.0 Å². The first kappa shape index (κ1) is 20.3. The van der Waals surface area contributed by atoms with Crippen molar-refractivity contribution in [2.75, 3.05) is 18.1 Å². The Hall–Kier alpha value is -3.01. The molecule has 0 aromatic carbocycles. The number of aromatic nitrogens is 4. The van der Waals surface area contributed by atoms with Crippen LogP contribution in [-0.4, -0.2) is 57.4 Å². The van der Waals surface area contributed by atoms with Gasteiger partial charge in [0.2, 0.25) is 5.78 Å². The first-order valence-corrected chi connectivity index (χ1v) is 11.4. The Morgan fingerprint density at radius 2 is 1.97 bits per heavy atom. The average molecular weight is 430 g/mol. The third-order valence-corrected chi connectivity index (χ3v) is 7.25. The van der Waals surface area contributed by atoms with E-state index in [-0.39, 0.29) is 23.3 Å². The maximum absolute atomic E-state index is 12.7. The molecule has 1 atom stereocenters. The van der Waals surface area contributed by atoms with E-state index in [0.717, 1.165) is 5.69 Å². The van der Waals surface area contributed by atoms with Crippen LogP contribution in [-0.2, 0) is 14.6 Å². The van der Waals surface area contributed by atoms with Crippen molar-refractivity contribution < 1.29 is 22.7 Å². The molecular weight excluding hydrogens is 408 g/mol. The van der Waals surface area contributed by atoms with Crippen LogP contribution < -0.4 is 0 Å². The molecule has 1 saturated heterocycles. The zero-order valence-corrected chi connectivity index (χ0v) is 17.8. The number of aryl methyl sites for hydroxylation is 2. The zero-order chi connectivity index (χ0) is 21.6. The van der Waals surface area contributed by atoms with Crippen molar-refractivity contribution in [2.24, 2.45) is 0 Å². The van der Waals surface area contributed by atoms with E-state index in [0.29, 0.717) is 34.7 Å². The predicted octanol–water partition coefficient (Wildman–Crippen LogP) is 1.86. The first-order chi connectivity index (χ1) is 14.2. The fraction of sp³-hybridized carbons (Fsp3) is 0.400. The number of pyridine rings is 1. The largest absolute Gasteiger partial charge is 0.454 e. The predicted molar refractivity (Wildman–Crippen MR) is 109 cm³/mol. The Kier molecular flexibility index (Phi) is 4.97. The van der Waals surface area contributed by atoms with Crippen LogP contribution in [0.1, 0.15) is 50.4 Å². The molecule has 4 rings (SSSR count). The molecule has 30 heavy (non-hydrogen) atoms.